The quantitative estimate of drug-likeness (QED) is 0.708. The number of rotatable bonds is 8. The summed E-state index contributed by atoms with van der Waals surface area (Å²) in [6.07, 6.45) is 1.73. The number of carbonyl (C=O) groups is 2. The fraction of sp³-hybridized carbons (Fsp3) is 0.300. The van der Waals surface area contributed by atoms with Crippen molar-refractivity contribution in [2.45, 2.75) is 26.7 Å². The number of hydrogen-bond acceptors (Lipinski definition) is 4. The molecule has 0 heterocycles. The van der Waals surface area contributed by atoms with Crippen LogP contribution in [0.15, 0.2) is 48.5 Å². The Morgan fingerprint density at radius 2 is 1.46 bits per heavy atom. The minimum absolute atomic E-state index is 0.166. The van der Waals surface area contributed by atoms with Crippen molar-refractivity contribution in [3.8, 4) is 0 Å². The van der Waals surface area contributed by atoms with E-state index in [1.807, 2.05) is 19.1 Å². The Hall–Kier alpha value is -2.87. The zero-order valence-electron chi connectivity index (χ0n) is 16.2. The summed E-state index contributed by atoms with van der Waals surface area (Å²) < 4.78 is 25.5. The van der Waals surface area contributed by atoms with Crippen LogP contribution in [-0.2, 0) is 19.6 Å². The van der Waals surface area contributed by atoms with E-state index in [1.54, 1.807) is 36.4 Å². The Morgan fingerprint density at radius 1 is 0.929 bits per heavy atom. The summed E-state index contributed by atoms with van der Waals surface area (Å²) in [6, 6.07) is 14.0. The molecule has 0 aliphatic rings. The van der Waals surface area contributed by atoms with E-state index < -0.39 is 10.0 Å². The van der Waals surface area contributed by atoms with Gasteiger partial charge in [0, 0.05) is 31.3 Å². The van der Waals surface area contributed by atoms with Gasteiger partial charge in [-0.05, 0) is 49.7 Å². The highest BCUT2D eigenvalue weighted by Crippen LogP contribution is 2.19. The SMILES string of the molecule is CC(=O)Nc1ccc(NC(=O)CCCN(c2ccc(C)cc2)S(C)(=O)=O)cc1. The maximum Gasteiger partial charge on any atom is 0.232 e. The molecule has 0 spiro atoms. The Kier molecular flexibility index (Phi) is 7.17. The first-order valence-corrected chi connectivity index (χ1v) is 10.7. The van der Waals surface area contributed by atoms with E-state index in [1.165, 1.54) is 11.2 Å². The third-order valence-electron chi connectivity index (χ3n) is 3.98. The van der Waals surface area contributed by atoms with Crippen molar-refractivity contribution >= 4 is 38.9 Å². The van der Waals surface area contributed by atoms with Crippen LogP contribution in [0, 0.1) is 6.92 Å². The normalized spacial score (nSPS) is 11.0. The van der Waals surface area contributed by atoms with E-state index in [2.05, 4.69) is 10.6 Å². The minimum Gasteiger partial charge on any atom is -0.326 e. The molecule has 7 nitrogen and oxygen atoms in total. The van der Waals surface area contributed by atoms with Crippen LogP contribution in [0.25, 0.3) is 0 Å². The number of amides is 2. The summed E-state index contributed by atoms with van der Waals surface area (Å²) in [6.45, 7) is 3.57. The van der Waals surface area contributed by atoms with Crippen LogP contribution in [0.5, 0.6) is 0 Å². The predicted octanol–water partition coefficient (Wildman–Crippen LogP) is 3.14. The Labute approximate surface area is 165 Å². The molecule has 0 fully saturated rings. The molecule has 2 N–H and O–H groups in total. The van der Waals surface area contributed by atoms with Crippen molar-refractivity contribution in [1.29, 1.82) is 0 Å². The summed E-state index contributed by atoms with van der Waals surface area (Å²) >= 11 is 0. The Balaban J connectivity index is 1.90. The average Bonchev–Trinajstić information content (AvgIpc) is 2.60. The van der Waals surface area contributed by atoms with Crippen molar-refractivity contribution in [3.05, 3.63) is 54.1 Å². The van der Waals surface area contributed by atoms with E-state index in [0.29, 0.717) is 23.5 Å². The van der Waals surface area contributed by atoms with Crippen LogP contribution in [0.2, 0.25) is 0 Å². The van der Waals surface area contributed by atoms with Crippen molar-refractivity contribution in [2.24, 2.45) is 0 Å². The zero-order valence-corrected chi connectivity index (χ0v) is 17.0. The van der Waals surface area contributed by atoms with Gasteiger partial charge in [-0.3, -0.25) is 13.9 Å². The number of hydrogen-bond donors (Lipinski definition) is 2. The summed E-state index contributed by atoms with van der Waals surface area (Å²) in [4.78, 5) is 23.1. The number of nitrogens with zero attached hydrogens (tertiary/aromatic N) is 1. The second-order valence-electron chi connectivity index (χ2n) is 6.58. The molecule has 0 aliphatic carbocycles. The summed E-state index contributed by atoms with van der Waals surface area (Å²) in [5, 5.41) is 5.41. The number of anilines is 3. The first kappa shape index (κ1) is 21.4. The highest BCUT2D eigenvalue weighted by molar-refractivity contribution is 7.92. The predicted molar refractivity (Wildman–Crippen MR) is 112 cm³/mol. The number of benzene rings is 2. The molecule has 28 heavy (non-hydrogen) atoms. The molecular weight excluding hydrogens is 378 g/mol. The second-order valence-corrected chi connectivity index (χ2v) is 8.49. The van der Waals surface area contributed by atoms with Crippen LogP contribution in [-0.4, -0.2) is 33.0 Å². The monoisotopic (exact) mass is 403 g/mol. The van der Waals surface area contributed by atoms with E-state index in [4.69, 9.17) is 0 Å². The van der Waals surface area contributed by atoms with Crippen LogP contribution in [0.3, 0.4) is 0 Å². The topological polar surface area (TPSA) is 95.6 Å². The maximum atomic E-state index is 12.1. The molecule has 8 heteroatoms. The number of nitrogens with one attached hydrogen (secondary N) is 2. The lowest BCUT2D eigenvalue weighted by Gasteiger charge is -2.22. The average molecular weight is 404 g/mol. The lowest BCUT2D eigenvalue weighted by molar-refractivity contribution is -0.116. The number of aryl methyl sites for hydroxylation is 1. The van der Waals surface area contributed by atoms with Gasteiger partial charge >= 0.3 is 0 Å². The highest BCUT2D eigenvalue weighted by Gasteiger charge is 2.17. The fourth-order valence-corrected chi connectivity index (χ4v) is 3.61. The van der Waals surface area contributed by atoms with Gasteiger partial charge in [0.25, 0.3) is 0 Å². The smallest absolute Gasteiger partial charge is 0.232 e. The molecule has 0 unspecified atom stereocenters. The Bertz CT molecular complexity index is 923. The molecule has 0 aliphatic heterocycles. The van der Waals surface area contributed by atoms with Gasteiger partial charge in [0.15, 0.2) is 0 Å². The van der Waals surface area contributed by atoms with Crippen LogP contribution in [0.4, 0.5) is 17.1 Å². The lowest BCUT2D eigenvalue weighted by Crippen LogP contribution is -2.31. The number of carbonyl (C=O) groups excluding carboxylic acids is 2. The summed E-state index contributed by atoms with van der Waals surface area (Å²) in [5.74, 6) is -0.370. The van der Waals surface area contributed by atoms with E-state index >= 15 is 0 Å². The summed E-state index contributed by atoms with van der Waals surface area (Å²) in [7, 11) is -3.44. The van der Waals surface area contributed by atoms with Gasteiger partial charge in [0.1, 0.15) is 0 Å². The van der Waals surface area contributed by atoms with Gasteiger partial charge in [0.05, 0.1) is 11.9 Å². The summed E-state index contributed by atoms with van der Waals surface area (Å²) in [5.41, 5.74) is 2.88. The van der Waals surface area contributed by atoms with Crippen LogP contribution in [0.1, 0.15) is 25.3 Å². The molecule has 2 aromatic rings. The molecule has 2 aromatic carbocycles. The van der Waals surface area contributed by atoms with Crippen molar-refractivity contribution < 1.29 is 18.0 Å². The van der Waals surface area contributed by atoms with Gasteiger partial charge in [0.2, 0.25) is 21.8 Å². The largest absolute Gasteiger partial charge is 0.326 e. The van der Waals surface area contributed by atoms with E-state index in [9.17, 15) is 18.0 Å². The van der Waals surface area contributed by atoms with Gasteiger partial charge < -0.3 is 10.6 Å². The molecule has 150 valence electrons. The molecule has 0 bridgehead atoms. The first-order chi connectivity index (χ1) is 13.1. The molecular formula is C20H25N3O4S. The Morgan fingerprint density at radius 3 is 1.96 bits per heavy atom. The molecule has 2 amide bonds. The molecule has 0 atom stereocenters. The van der Waals surface area contributed by atoms with Crippen molar-refractivity contribution in [2.75, 3.05) is 27.7 Å². The highest BCUT2D eigenvalue weighted by atomic mass is 32.2. The lowest BCUT2D eigenvalue weighted by atomic mass is 10.2. The minimum atomic E-state index is -3.44. The van der Waals surface area contributed by atoms with Gasteiger partial charge in [-0.1, -0.05) is 17.7 Å². The molecule has 0 radical (unpaired) electrons. The van der Waals surface area contributed by atoms with Crippen LogP contribution >= 0.6 is 0 Å². The maximum absolute atomic E-state index is 12.1. The standard InChI is InChI=1S/C20H25N3O4S/c1-15-6-12-19(13-7-15)23(28(3,26)27)14-4-5-20(25)22-18-10-8-17(9-11-18)21-16(2)24/h6-13H,4-5,14H2,1-3H3,(H,21,24)(H,22,25). The number of sulfonamides is 1. The van der Waals surface area contributed by atoms with E-state index in [0.717, 1.165) is 11.8 Å². The van der Waals surface area contributed by atoms with Crippen molar-refractivity contribution in [3.63, 3.8) is 0 Å². The van der Waals surface area contributed by atoms with Gasteiger partial charge in [-0.15, -0.1) is 0 Å². The van der Waals surface area contributed by atoms with Gasteiger partial charge in [-0.25, -0.2) is 8.42 Å². The van der Waals surface area contributed by atoms with Crippen LogP contribution < -0.4 is 14.9 Å². The first-order valence-electron chi connectivity index (χ1n) is 8.87. The molecule has 0 saturated carbocycles. The molecule has 0 saturated heterocycles. The zero-order chi connectivity index (χ0) is 20.7. The van der Waals surface area contributed by atoms with E-state index in [-0.39, 0.29) is 24.8 Å². The third-order valence-corrected chi connectivity index (χ3v) is 5.17. The van der Waals surface area contributed by atoms with Gasteiger partial charge in [-0.2, -0.15) is 0 Å². The second kappa shape index (κ2) is 9.36. The molecule has 0 aromatic heterocycles. The van der Waals surface area contributed by atoms with Crippen molar-refractivity contribution in [1.82, 2.24) is 0 Å². The fourth-order valence-electron chi connectivity index (χ4n) is 2.64. The molecule has 2 rings (SSSR count). The third kappa shape index (κ3) is 6.70.